The molecule has 0 aromatic heterocycles. The molecule has 1 heterocycles. The predicted octanol–water partition coefficient (Wildman–Crippen LogP) is 2.25. The molecule has 1 aromatic carbocycles. The number of Topliss-reactive ketones (excluding diaryl/α,β-unsaturated/α-hetero) is 1. The first kappa shape index (κ1) is 11.8. The highest BCUT2D eigenvalue weighted by Crippen LogP contribution is 2.28. The van der Waals surface area contributed by atoms with Gasteiger partial charge in [0.25, 0.3) is 0 Å². The van der Waals surface area contributed by atoms with E-state index in [-0.39, 0.29) is 18.1 Å². The second kappa shape index (κ2) is 4.70. The lowest BCUT2D eigenvalue weighted by Crippen LogP contribution is -2.36. The largest absolute Gasteiger partial charge is 0.312 e. The number of anilines is 1. The van der Waals surface area contributed by atoms with Crippen LogP contribution in [0.25, 0.3) is 0 Å². The molecule has 17 heavy (non-hydrogen) atoms. The summed E-state index contributed by atoms with van der Waals surface area (Å²) in [6.07, 6.45) is 1.99. The van der Waals surface area contributed by atoms with Gasteiger partial charge in [0.15, 0.2) is 0 Å². The fraction of sp³-hybridized carbons (Fsp3) is 0.429. The summed E-state index contributed by atoms with van der Waals surface area (Å²) < 4.78 is 0. The number of rotatable bonds is 2. The molecule has 3 nitrogen and oxygen atoms in total. The molecule has 1 aliphatic heterocycles. The molecule has 0 saturated carbocycles. The van der Waals surface area contributed by atoms with Gasteiger partial charge in [-0.1, -0.05) is 17.7 Å². The van der Waals surface area contributed by atoms with E-state index in [4.69, 9.17) is 0 Å². The fourth-order valence-corrected chi connectivity index (χ4v) is 2.29. The quantitative estimate of drug-likeness (QED) is 0.732. The van der Waals surface area contributed by atoms with Gasteiger partial charge in [0.2, 0.25) is 5.91 Å². The van der Waals surface area contributed by atoms with Crippen molar-refractivity contribution in [1.82, 2.24) is 0 Å². The van der Waals surface area contributed by atoms with Crippen LogP contribution in [0.3, 0.4) is 0 Å². The minimum absolute atomic E-state index is 0.00726. The summed E-state index contributed by atoms with van der Waals surface area (Å²) in [4.78, 5) is 24.7. The van der Waals surface area contributed by atoms with Crippen LogP contribution in [-0.2, 0) is 16.0 Å². The van der Waals surface area contributed by atoms with Crippen molar-refractivity contribution in [3.05, 3.63) is 29.3 Å². The van der Waals surface area contributed by atoms with E-state index in [0.717, 1.165) is 25.1 Å². The Bertz CT molecular complexity index is 465. The number of ketones is 1. The molecule has 0 unspecified atom stereocenters. The van der Waals surface area contributed by atoms with Gasteiger partial charge in [-0.2, -0.15) is 0 Å². The third-order valence-electron chi connectivity index (χ3n) is 3.05. The van der Waals surface area contributed by atoms with E-state index in [9.17, 15) is 9.59 Å². The minimum atomic E-state index is -0.0812. The highest BCUT2D eigenvalue weighted by molar-refractivity contribution is 6.05. The summed E-state index contributed by atoms with van der Waals surface area (Å²) in [5.41, 5.74) is 3.41. The lowest BCUT2D eigenvalue weighted by molar-refractivity contribution is -0.125. The van der Waals surface area contributed by atoms with Crippen molar-refractivity contribution in [2.24, 2.45) is 0 Å². The second-order valence-corrected chi connectivity index (χ2v) is 4.66. The lowest BCUT2D eigenvalue weighted by atomic mass is 9.99. The molecule has 0 atom stereocenters. The van der Waals surface area contributed by atoms with E-state index in [1.165, 1.54) is 18.1 Å². The second-order valence-electron chi connectivity index (χ2n) is 4.66. The van der Waals surface area contributed by atoms with Crippen molar-refractivity contribution in [3.8, 4) is 0 Å². The number of aryl methyl sites for hydroxylation is 2. The first-order valence-electron chi connectivity index (χ1n) is 5.97. The smallest absolute Gasteiger partial charge is 0.234 e. The van der Waals surface area contributed by atoms with Crippen molar-refractivity contribution >= 4 is 17.4 Å². The number of fused-ring (bicyclic) bond motifs is 1. The molecule has 1 aromatic rings. The molecule has 1 amide bonds. The van der Waals surface area contributed by atoms with Gasteiger partial charge in [-0.3, -0.25) is 9.59 Å². The zero-order chi connectivity index (χ0) is 12.4. The molecule has 0 spiro atoms. The van der Waals surface area contributed by atoms with Gasteiger partial charge in [0, 0.05) is 12.2 Å². The summed E-state index contributed by atoms with van der Waals surface area (Å²) in [5.74, 6) is -0.156. The zero-order valence-corrected chi connectivity index (χ0v) is 10.3. The normalized spacial score (nSPS) is 14.4. The molecule has 1 aliphatic rings. The van der Waals surface area contributed by atoms with Crippen LogP contribution >= 0.6 is 0 Å². The zero-order valence-electron chi connectivity index (χ0n) is 10.3. The number of hydrogen-bond donors (Lipinski definition) is 0. The number of amides is 1. The Labute approximate surface area is 101 Å². The highest BCUT2D eigenvalue weighted by atomic mass is 16.2. The molecular weight excluding hydrogens is 214 g/mol. The van der Waals surface area contributed by atoms with Gasteiger partial charge in [0.05, 0.1) is 6.42 Å². The van der Waals surface area contributed by atoms with Crippen LogP contribution in [0, 0.1) is 6.92 Å². The van der Waals surface area contributed by atoms with Gasteiger partial charge in [0.1, 0.15) is 5.78 Å². The first-order chi connectivity index (χ1) is 8.08. The Morgan fingerprint density at radius 2 is 2.12 bits per heavy atom. The molecular formula is C14H17NO2. The van der Waals surface area contributed by atoms with E-state index in [2.05, 4.69) is 13.0 Å². The van der Waals surface area contributed by atoms with Crippen LogP contribution in [0.5, 0.6) is 0 Å². The van der Waals surface area contributed by atoms with Crippen LogP contribution in [0.1, 0.15) is 30.9 Å². The molecule has 2 rings (SSSR count). The Morgan fingerprint density at radius 3 is 2.82 bits per heavy atom. The van der Waals surface area contributed by atoms with Crippen molar-refractivity contribution in [3.63, 3.8) is 0 Å². The molecule has 0 saturated heterocycles. The average Bonchev–Trinajstić information content (AvgIpc) is 2.26. The maximum Gasteiger partial charge on any atom is 0.234 e. The summed E-state index contributed by atoms with van der Waals surface area (Å²) in [7, 11) is 0. The Hall–Kier alpha value is -1.64. The van der Waals surface area contributed by atoms with E-state index < -0.39 is 0 Å². The van der Waals surface area contributed by atoms with Gasteiger partial charge >= 0.3 is 0 Å². The molecule has 0 bridgehead atoms. The van der Waals surface area contributed by atoms with E-state index >= 15 is 0 Å². The Morgan fingerprint density at radius 1 is 1.35 bits per heavy atom. The van der Waals surface area contributed by atoms with Crippen LogP contribution in [0.4, 0.5) is 5.69 Å². The summed E-state index contributed by atoms with van der Waals surface area (Å²) in [6.45, 7) is 4.23. The number of carbonyl (C=O) groups excluding carboxylic acids is 2. The molecule has 0 fully saturated rings. The standard InChI is InChI=1S/C14H17NO2/c1-10-5-6-13-12(8-10)4-3-7-15(13)14(17)9-11(2)16/h5-6,8H,3-4,7,9H2,1-2H3. The topological polar surface area (TPSA) is 37.4 Å². The van der Waals surface area contributed by atoms with Crippen molar-refractivity contribution < 1.29 is 9.59 Å². The van der Waals surface area contributed by atoms with Gasteiger partial charge in [-0.25, -0.2) is 0 Å². The van der Waals surface area contributed by atoms with Gasteiger partial charge < -0.3 is 4.90 Å². The van der Waals surface area contributed by atoms with Gasteiger partial charge in [-0.05, 0) is 38.3 Å². The van der Waals surface area contributed by atoms with Gasteiger partial charge in [-0.15, -0.1) is 0 Å². The number of hydrogen-bond acceptors (Lipinski definition) is 2. The maximum atomic E-state index is 12.0. The number of nitrogens with zero attached hydrogens (tertiary/aromatic N) is 1. The Balaban J connectivity index is 2.28. The molecule has 3 heteroatoms. The fourth-order valence-electron chi connectivity index (χ4n) is 2.29. The average molecular weight is 231 g/mol. The third-order valence-corrected chi connectivity index (χ3v) is 3.05. The summed E-state index contributed by atoms with van der Waals surface area (Å²) in [5, 5.41) is 0. The molecule has 0 aliphatic carbocycles. The van der Waals surface area contributed by atoms with Crippen LogP contribution in [0.2, 0.25) is 0 Å². The van der Waals surface area contributed by atoms with Crippen molar-refractivity contribution in [2.75, 3.05) is 11.4 Å². The van der Waals surface area contributed by atoms with E-state index in [1.807, 2.05) is 12.1 Å². The molecule has 0 radical (unpaired) electrons. The van der Waals surface area contributed by atoms with Crippen molar-refractivity contribution in [1.29, 1.82) is 0 Å². The Kier molecular flexibility index (Phi) is 3.27. The van der Waals surface area contributed by atoms with Crippen LogP contribution < -0.4 is 4.90 Å². The molecule has 0 N–H and O–H groups in total. The SMILES string of the molecule is CC(=O)CC(=O)N1CCCc2cc(C)ccc21. The van der Waals surface area contributed by atoms with Crippen LogP contribution in [0.15, 0.2) is 18.2 Å². The van der Waals surface area contributed by atoms with Crippen LogP contribution in [-0.4, -0.2) is 18.2 Å². The number of benzene rings is 1. The summed E-state index contributed by atoms with van der Waals surface area (Å²) in [6, 6.07) is 6.13. The highest BCUT2D eigenvalue weighted by Gasteiger charge is 2.22. The third kappa shape index (κ3) is 2.54. The van der Waals surface area contributed by atoms with E-state index in [1.54, 1.807) is 4.90 Å². The minimum Gasteiger partial charge on any atom is -0.312 e. The molecule has 90 valence electrons. The first-order valence-corrected chi connectivity index (χ1v) is 5.97. The predicted molar refractivity (Wildman–Crippen MR) is 67.2 cm³/mol. The van der Waals surface area contributed by atoms with Crippen molar-refractivity contribution in [2.45, 2.75) is 33.1 Å². The van der Waals surface area contributed by atoms with E-state index in [0.29, 0.717) is 0 Å². The lowest BCUT2D eigenvalue weighted by Gasteiger charge is -2.29. The summed E-state index contributed by atoms with van der Waals surface area (Å²) >= 11 is 0. The number of carbonyl (C=O) groups is 2. The maximum absolute atomic E-state index is 12.0. The monoisotopic (exact) mass is 231 g/mol.